The van der Waals surface area contributed by atoms with Crippen LogP contribution in [0.15, 0.2) is 59.7 Å². The van der Waals surface area contributed by atoms with Gasteiger partial charge in [0.05, 0.1) is 12.1 Å². The molecule has 27 heavy (non-hydrogen) atoms. The monoisotopic (exact) mass is 382 g/mol. The Balaban J connectivity index is 2.00. The first kappa shape index (κ1) is 19.0. The zero-order valence-electron chi connectivity index (χ0n) is 13.7. The second-order valence-corrected chi connectivity index (χ2v) is 6.01. The summed E-state index contributed by atoms with van der Waals surface area (Å²) in [4.78, 5) is 12.5. The Morgan fingerprint density at radius 3 is 2.26 bits per heavy atom. The lowest BCUT2D eigenvalue weighted by molar-refractivity contribution is -0.303. The number of aliphatic hydroxyl groups is 2. The van der Waals surface area contributed by atoms with Crippen molar-refractivity contribution in [2.45, 2.75) is 24.4 Å². The largest absolute Gasteiger partial charge is 0.438 e. The van der Waals surface area contributed by atoms with Crippen LogP contribution >= 0.6 is 0 Å². The fourth-order valence-corrected chi connectivity index (χ4v) is 2.69. The molecule has 2 atom stereocenters. The lowest BCUT2D eigenvalue weighted by Crippen LogP contribution is -2.57. The molecule has 2 unspecified atom stereocenters. The number of aliphatic hydroxyl groups excluding tert-OH is 1. The van der Waals surface area contributed by atoms with E-state index in [2.05, 4.69) is 5.10 Å². The van der Waals surface area contributed by atoms with Gasteiger partial charge in [0, 0.05) is 0 Å². The van der Waals surface area contributed by atoms with Crippen LogP contribution in [0.2, 0.25) is 0 Å². The van der Waals surface area contributed by atoms with Crippen LogP contribution < -0.4 is 0 Å². The van der Waals surface area contributed by atoms with Gasteiger partial charge in [-0.25, -0.2) is 4.39 Å². The van der Waals surface area contributed by atoms with Crippen molar-refractivity contribution in [2.75, 3.05) is 0 Å². The lowest BCUT2D eigenvalue weighted by atomic mass is 10.00. The summed E-state index contributed by atoms with van der Waals surface area (Å²) in [5.74, 6) is -2.03. The van der Waals surface area contributed by atoms with Crippen molar-refractivity contribution in [2.24, 2.45) is 5.10 Å². The summed E-state index contributed by atoms with van der Waals surface area (Å²) in [6.45, 7) is 0. The molecule has 142 valence electrons. The van der Waals surface area contributed by atoms with Gasteiger partial charge in [0.25, 0.3) is 11.6 Å². The van der Waals surface area contributed by atoms with Gasteiger partial charge < -0.3 is 10.2 Å². The number of rotatable bonds is 3. The molecule has 3 rings (SSSR count). The Labute approximate surface area is 151 Å². The molecular weight excluding hydrogens is 368 g/mol. The van der Waals surface area contributed by atoms with Crippen molar-refractivity contribution in [3.05, 3.63) is 71.5 Å². The topological polar surface area (TPSA) is 73.1 Å². The first-order valence-corrected chi connectivity index (χ1v) is 7.83. The highest BCUT2D eigenvalue weighted by atomic mass is 19.4. The second-order valence-electron chi connectivity index (χ2n) is 6.01. The predicted molar refractivity (Wildman–Crippen MR) is 86.8 cm³/mol. The van der Waals surface area contributed by atoms with E-state index in [9.17, 15) is 32.6 Å². The van der Waals surface area contributed by atoms with Crippen molar-refractivity contribution >= 4 is 11.6 Å². The van der Waals surface area contributed by atoms with E-state index in [0.717, 1.165) is 12.1 Å². The summed E-state index contributed by atoms with van der Waals surface area (Å²) >= 11 is 0. The smallest absolute Gasteiger partial charge is 0.378 e. The van der Waals surface area contributed by atoms with Crippen LogP contribution in [-0.2, 0) is 4.79 Å². The minimum Gasteiger partial charge on any atom is -0.378 e. The first-order valence-electron chi connectivity index (χ1n) is 7.83. The molecule has 1 heterocycles. The zero-order chi connectivity index (χ0) is 19.8. The van der Waals surface area contributed by atoms with Crippen LogP contribution in [0, 0.1) is 5.82 Å². The predicted octanol–water partition coefficient (Wildman–Crippen LogP) is 2.75. The molecule has 0 spiro atoms. The molecule has 5 nitrogen and oxygen atoms in total. The molecule has 1 amide bonds. The van der Waals surface area contributed by atoms with Crippen molar-refractivity contribution in [1.29, 1.82) is 0 Å². The van der Waals surface area contributed by atoms with Crippen molar-refractivity contribution in [1.82, 2.24) is 5.01 Å². The minimum atomic E-state index is -5.23. The molecular formula is C18H14F4N2O3. The molecule has 0 aromatic heterocycles. The highest BCUT2D eigenvalue weighted by molar-refractivity contribution is 6.03. The van der Waals surface area contributed by atoms with Gasteiger partial charge in [0.2, 0.25) is 0 Å². The van der Waals surface area contributed by atoms with Crippen molar-refractivity contribution < 1.29 is 32.6 Å². The average Bonchev–Trinajstić information content (AvgIpc) is 3.00. The Hall–Kier alpha value is -2.78. The molecule has 0 fully saturated rings. The van der Waals surface area contributed by atoms with Crippen LogP contribution in [0.1, 0.15) is 23.7 Å². The number of nitrogens with zero attached hydrogens (tertiary/aromatic N) is 2. The van der Waals surface area contributed by atoms with Gasteiger partial charge in [-0.2, -0.15) is 23.3 Å². The number of carbonyl (C=O) groups excluding carboxylic acids is 1. The maximum atomic E-state index is 13.5. The summed E-state index contributed by atoms with van der Waals surface area (Å²) in [7, 11) is 0. The number of carbonyl (C=O) groups is 1. The number of alkyl halides is 3. The van der Waals surface area contributed by atoms with E-state index in [0.29, 0.717) is 0 Å². The van der Waals surface area contributed by atoms with Crippen LogP contribution in [0.5, 0.6) is 0 Å². The fourth-order valence-electron chi connectivity index (χ4n) is 2.69. The van der Waals surface area contributed by atoms with E-state index >= 15 is 0 Å². The van der Waals surface area contributed by atoms with E-state index in [1.54, 1.807) is 6.07 Å². The molecule has 9 heteroatoms. The number of amides is 1. The van der Waals surface area contributed by atoms with E-state index in [-0.39, 0.29) is 21.8 Å². The Bertz CT molecular complexity index is 868. The van der Waals surface area contributed by atoms with Gasteiger partial charge in [-0.05, 0) is 23.3 Å². The Morgan fingerprint density at radius 1 is 1.11 bits per heavy atom. The third-order valence-electron chi connectivity index (χ3n) is 4.17. The number of hydrogen-bond acceptors (Lipinski definition) is 4. The maximum Gasteiger partial charge on any atom is 0.438 e. The van der Waals surface area contributed by atoms with E-state index in [1.165, 1.54) is 36.4 Å². The molecule has 0 saturated carbocycles. The molecule has 0 aliphatic carbocycles. The minimum absolute atomic E-state index is 0.0532. The summed E-state index contributed by atoms with van der Waals surface area (Å²) in [6, 6.07) is 11.7. The molecule has 2 aromatic rings. The van der Waals surface area contributed by atoms with E-state index in [1.807, 2.05) is 0 Å². The molecule has 2 N–H and O–H groups in total. The highest BCUT2D eigenvalue weighted by Gasteiger charge is 2.63. The standard InChI is InChI=1S/C18H14F4N2O3/c19-13-8-6-11(7-9-13)14-10-17(27,18(20,21)22)24(23-14)16(26)15(25)12-4-2-1-3-5-12/h1-9,15,25,27H,10H2. The normalized spacial score (nSPS) is 21.1. The number of hydrazone groups is 1. The van der Waals surface area contributed by atoms with Gasteiger partial charge in [-0.15, -0.1) is 0 Å². The quantitative estimate of drug-likeness (QED) is 0.802. The molecule has 1 aliphatic heterocycles. The SMILES string of the molecule is O=C(C(O)c1ccccc1)N1N=C(c2ccc(F)cc2)CC1(O)C(F)(F)F. The van der Waals surface area contributed by atoms with E-state index < -0.39 is 36.2 Å². The Kier molecular flexibility index (Phi) is 4.75. The van der Waals surface area contributed by atoms with Crippen LogP contribution in [0.25, 0.3) is 0 Å². The van der Waals surface area contributed by atoms with Crippen molar-refractivity contribution in [3.63, 3.8) is 0 Å². The second kappa shape index (κ2) is 6.75. The fraction of sp³-hybridized carbons (Fsp3) is 0.222. The summed E-state index contributed by atoms with van der Waals surface area (Å²) in [6.07, 6.45) is -8.23. The van der Waals surface area contributed by atoms with Gasteiger partial charge in [-0.1, -0.05) is 42.5 Å². The van der Waals surface area contributed by atoms with Crippen LogP contribution in [-0.4, -0.2) is 38.7 Å². The Morgan fingerprint density at radius 2 is 1.70 bits per heavy atom. The lowest BCUT2D eigenvalue weighted by Gasteiger charge is -2.33. The van der Waals surface area contributed by atoms with Gasteiger partial charge in [0.1, 0.15) is 5.82 Å². The zero-order valence-corrected chi connectivity index (χ0v) is 13.7. The third kappa shape index (κ3) is 3.43. The molecule has 0 bridgehead atoms. The first-order chi connectivity index (χ1) is 12.6. The number of hydrogen-bond donors (Lipinski definition) is 2. The summed E-state index contributed by atoms with van der Waals surface area (Å²) in [5.41, 5.74) is -3.71. The maximum absolute atomic E-state index is 13.5. The molecule has 0 saturated heterocycles. The molecule has 2 aromatic carbocycles. The van der Waals surface area contributed by atoms with Gasteiger partial charge in [-0.3, -0.25) is 4.79 Å². The number of halogens is 4. The number of benzene rings is 2. The molecule has 1 aliphatic rings. The van der Waals surface area contributed by atoms with Gasteiger partial charge >= 0.3 is 6.18 Å². The van der Waals surface area contributed by atoms with Crippen LogP contribution in [0.3, 0.4) is 0 Å². The summed E-state index contributed by atoms with van der Waals surface area (Å²) in [5, 5.41) is 23.8. The summed E-state index contributed by atoms with van der Waals surface area (Å²) < 4.78 is 53.6. The van der Waals surface area contributed by atoms with Gasteiger partial charge in [0.15, 0.2) is 6.10 Å². The van der Waals surface area contributed by atoms with E-state index in [4.69, 9.17) is 0 Å². The third-order valence-corrected chi connectivity index (χ3v) is 4.17. The molecule has 0 radical (unpaired) electrons. The van der Waals surface area contributed by atoms with Crippen LogP contribution in [0.4, 0.5) is 17.6 Å². The highest BCUT2D eigenvalue weighted by Crippen LogP contribution is 2.42. The van der Waals surface area contributed by atoms with Crippen molar-refractivity contribution in [3.8, 4) is 0 Å². The average molecular weight is 382 g/mol.